The molecule has 27 heavy (non-hydrogen) atoms. The summed E-state index contributed by atoms with van der Waals surface area (Å²) < 4.78 is 19.1. The molecule has 1 aromatic carbocycles. The molecule has 0 aliphatic rings. The highest BCUT2D eigenvalue weighted by atomic mass is 28.4. The van der Waals surface area contributed by atoms with Crippen molar-refractivity contribution in [1.29, 1.82) is 0 Å². The Labute approximate surface area is 161 Å². The lowest BCUT2D eigenvalue weighted by Crippen LogP contribution is -2.40. The summed E-state index contributed by atoms with van der Waals surface area (Å²) in [6.45, 7) is 13.3. The molecule has 0 atom stereocenters. The Balaban J connectivity index is 2.05. The molecule has 1 N–H and O–H groups in total. The van der Waals surface area contributed by atoms with Crippen molar-refractivity contribution in [2.45, 2.75) is 59.0 Å². The number of hydrogen-bond acceptors (Lipinski definition) is 4. The molecule has 0 spiro atoms. The van der Waals surface area contributed by atoms with Crippen LogP contribution in [0.2, 0.25) is 18.1 Å². The van der Waals surface area contributed by atoms with E-state index in [-0.39, 0.29) is 16.8 Å². The van der Waals surface area contributed by atoms with Crippen molar-refractivity contribution in [2.24, 2.45) is 0 Å². The lowest BCUT2D eigenvalue weighted by molar-refractivity contribution is 0.0945. The Morgan fingerprint density at radius 1 is 1.19 bits per heavy atom. The fourth-order valence-corrected chi connectivity index (χ4v) is 3.11. The van der Waals surface area contributed by atoms with E-state index in [9.17, 15) is 9.18 Å². The van der Waals surface area contributed by atoms with E-state index < -0.39 is 8.32 Å². The van der Waals surface area contributed by atoms with Crippen LogP contribution in [0.25, 0.3) is 0 Å². The maximum absolute atomic E-state index is 13.0. The number of halogens is 1. The minimum Gasteiger partial charge on any atom is -0.411 e. The van der Waals surface area contributed by atoms with Gasteiger partial charge >= 0.3 is 0 Å². The second kappa shape index (κ2) is 8.27. The first-order chi connectivity index (χ1) is 12.5. The van der Waals surface area contributed by atoms with E-state index in [2.05, 4.69) is 49.1 Å². The molecule has 0 aliphatic heterocycles. The van der Waals surface area contributed by atoms with E-state index in [4.69, 9.17) is 4.43 Å². The van der Waals surface area contributed by atoms with Gasteiger partial charge in [0.1, 0.15) is 17.3 Å². The number of carbonyl (C=O) groups excluding carboxylic acids is 1. The van der Waals surface area contributed by atoms with E-state index in [0.717, 1.165) is 5.56 Å². The van der Waals surface area contributed by atoms with Crippen molar-refractivity contribution in [2.75, 3.05) is 0 Å². The Kier molecular flexibility index (Phi) is 6.49. The van der Waals surface area contributed by atoms with Crippen molar-refractivity contribution < 1.29 is 13.6 Å². The smallest absolute Gasteiger partial charge is 0.270 e. The maximum Gasteiger partial charge on any atom is 0.270 e. The van der Waals surface area contributed by atoms with Crippen LogP contribution < -0.4 is 5.32 Å². The molecule has 7 heteroatoms. The normalized spacial score (nSPS) is 12.1. The Bertz CT molecular complexity index is 802. The van der Waals surface area contributed by atoms with Gasteiger partial charge in [-0.3, -0.25) is 4.79 Å². The van der Waals surface area contributed by atoms with Crippen molar-refractivity contribution >= 4 is 14.2 Å². The van der Waals surface area contributed by atoms with Crippen LogP contribution in [0.15, 0.2) is 30.3 Å². The molecule has 5 nitrogen and oxygen atoms in total. The summed E-state index contributed by atoms with van der Waals surface area (Å²) in [7, 11) is -1.91. The van der Waals surface area contributed by atoms with Crippen molar-refractivity contribution in [1.82, 2.24) is 15.3 Å². The number of rotatable bonds is 6. The van der Waals surface area contributed by atoms with Gasteiger partial charge in [0.25, 0.3) is 5.91 Å². The standard InChI is InChI=1S/C20H28FN3O2Si/c1-14-23-17(13-26-27(5,6)20(2,3)4)11-18(24-14)19(25)22-12-15-7-9-16(21)10-8-15/h7-11H,12-13H2,1-6H3,(H,22,25). The number of nitrogens with zero attached hydrogens (tertiary/aromatic N) is 2. The zero-order valence-electron chi connectivity index (χ0n) is 16.9. The van der Waals surface area contributed by atoms with Gasteiger partial charge in [0, 0.05) is 6.54 Å². The highest BCUT2D eigenvalue weighted by Crippen LogP contribution is 2.36. The molecule has 0 saturated heterocycles. The molecule has 146 valence electrons. The van der Waals surface area contributed by atoms with E-state index in [1.165, 1.54) is 12.1 Å². The van der Waals surface area contributed by atoms with Crippen LogP contribution in [0.1, 0.15) is 48.3 Å². The van der Waals surface area contributed by atoms with E-state index in [0.29, 0.717) is 30.4 Å². The van der Waals surface area contributed by atoms with Gasteiger partial charge in [-0.05, 0) is 48.8 Å². The van der Waals surface area contributed by atoms with Gasteiger partial charge in [-0.2, -0.15) is 0 Å². The first kappa shape index (κ1) is 21.2. The lowest BCUT2D eigenvalue weighted by atomic mass is 10.2. The third-order valence-electron chi connectivity index (χ3n) is 4.88. The third kappa shape index (κ3) is 5.94. The number of aryl methyl sites for hydroxylation is 1. The summed E-state index contributed by atoms with van der Waals surface area (Å²) >= 11 is 0. The minimum atomic E-state index is -1.91. The summed E-state index contributed by atoms with van der Waals surface area (Å²) in [6, 6.07) is 7.68. The molecule has 0 saturated carbocycles. The number of hydrogen-bond donors (Lipinski definition) is 1. The van der Waals surface area contributed by atoms with Crippen LogP contribution in [0, 0.1) is 12.7 Å². The highest BCUT2D eigenvalue weighted by Gasteiger charge is 2.37. The van der Waals surface area contributed by atoms with Crippen molar-refractivity contribution in [3.8, 4) is 0 Å². The maximum atomic E-state index is 13.0. The topological polar surface area (TPSA) is 64.1 Å². The van der Waals surface area contributed by atoms with E-state index in [1.807, 2.05) is 0 Å². The molecule has 0 aliphatic carbocycles. The molecule has 1 amide bonds. The minimum absolute atomic E-state index is 0.102. The van der Waals surface area contributed by atoms with E-state index in [1.54, 1.807) is 25.1 Å². The zero-order chi connectivity index (χ0) is 20.2. The monoisotopic (exact) mass is 389 g/mol. The van der Waals surface area contributed by atoms with Gasteiger partial charge in [0.15, 0.2) is 8.32 Å². The number of amides is 1. The largest absolute Gasteiger partial charge is 0.411 e. The fourth-order valence-electron chi connectivity index (χ4n) is 2.17. The van der Waals surface area contributed by atoms with E-state index >= 15 is 0 Å². The molecule has 0 radical (unpaired) electrons. The van der Waals surface area contributed by atoms with Crippen LogP contribution in [0.3, 0.4) is 0 Å². The average Bonchev–Trinajstić information content (AvgIpc) is 2.58. The molecule has 0 unspecified atom stereocenters. The molecule has 2 aromatic rings. The zero-order valence-corrected chi connectivity index (χ0v) is 17.9. The highest BCUT2D eigenvalue weighted by molar-refractivity contribution is 6.74. The molecule has 0 fully saturated rings. The third-order valence-corrected chi connectivity index (χ3v) is 9.36. The molecular weight excluding hydrogens is 361 g/mol. The van der Waals surface area contributed by atoms with Crippen LogP contribution in [-0.4, -0.2) is 24.2 Å². The second-order valence-corrected chi connectivity index (χ2v) is 13.0. The number of nitrogens with one attached hydrogen (secondary N) is 1. The van der Waals surface area contributed by atoms with Gasteiger partial charge in [-0.25, -0.2) is 14.4 Å². The van der Waals surface area contributed by atoms with Gasteiger partial charge in [-0.15, -0.1) is 0 Å². The predicted molar refractivity (Wildman–Crippen MR) is 106 cm³/mol. The lowest BCUT2D eigenvalue weighted by Gasteiger charge is -2.36. The Hall–Kier alpha value is -2.12. The van der Waals surface area contributed by atoms with Crippen molar-refractivity contribution in [3.63, 3.8) is 0 Å². The SMILES string of the molecule is Cc1nc(CO[Si](C)(C)C(C)(C)C)cc(C(=O)NCc2ccc(F)cc2)n1. The second-order valence-electron chi connectivity index (χ2n) is 8.15. The van der Waals surface area contributed by atoms with Crippen LogP contribution in [0.4, 0.5) is 4.39 Å². The summed E-state index contributed by atoms with van der Waals surface area (Å²) in [5.41, 5.74) is 1.81. The van der Waals surface area contributed by atoms with Crippen LogP contribution in [0.5, 0.6) is 0 Å². The van der Waals surface area contributed by atoms with Gasteiger partial charge in [-0.1, -0.05) is 32.9 Å². The summed E-state index contributed by atoms with van der Waals surface area (Å²) in [6.07, 6.45) is 0. The summed E-state index contributed by atoms with van der Waals surface area (Å²) in [4.78, 5) is 21.1. The van der Waals surface area contributed by atoms with Crippen LogP contribution in [-0.2, 0) is 17.6 Å². The Morgan fingerprint density at radius 2 is 1.81 bits per heavy atom. The van der Waals surface area contributed by atoms with Gasteiger partial charge in [0.05, 0.1) is 12.3 Å². The van der Waals surface area contributed by atoms with Gasteiger partial charge < -0.3 is 9.74 Å². The average molecular weight is 390 g/mol. The molecule has 0 bridgehead atoms. The molecular formula is C20H28FN3O2Si. The first-order valence-corrected chi connectivity index (χ1v) is 11.9. The molecule has 1 aromatic heterocycles. The van der Waals surface area contributed by atoms with Crippen molar-refractivity contribution in [3.05, 3.63) is 58.9 Å². The molecule has 2 rings (SSSR count). The predicted octanol–water partition coefficient (Wildman–Crippen LogP) is 4.38. The summed E-state index contributed by atoms with van der Waals surface area (Å²) in [5.74, 6) is -0.0699. The summed E-state index contributed by atoms with van der Waals surface area (Å²) in [5, 5.41) is 2.90. The number of benzene rings is 1. The van der Waals surface area contributed by atoms with Gasteiger partial charge in [0.2, 0.25) is 0 Å². The number of aromatic nitrogens is 2. The first-order valence-electron chi connectivity index (χ1n) is 8.99. The Morgan fingerprint density at radius 3 is 2.41 bits per heavy atom. The quantitative estimate of drug-likeness (QED) is 0.745. The molecule has 1 heterocycles. The fraction of sp³-hybridized carbons (Fsp3) is 0.450. The number of carbonyl (C=O) groups is 1. The van der Waals surface area contributed by atoms with Crippen LogP contribution >= 0.6 is 0 Å².